The van der Waals surface area contributed by atoms with E-state index in [1.807, 2.05) is 0 Å². The number of non-ortho nitro benzene ring substituents is 1. The highest BCUT2D eigenvalue weighted by molar-refractivity contribution is 5.97. The summed E-state index contributed by atoms with van der Waals surface area (Å²) in [6, 6.07) is 11.6. The second-order valence-electron chi connectivity index (χ2n) is 4.10. The quantitative estimate of drug-likeness (QED) is 0.389. The van der Waals surface area contributed by atoms with Crippen LogP contribution in [-0.4, -0.2) is 15.7 Å². The third-order valence-electron chi connectivity index (χ3n) is 2.66. The summed E-state index contributed by atoms with van der Waals surface area (Å²) >= 11 is 0. The number of hydrogen-bond donors (Lipinski definition) is 1. The molecule has 0 unspecified atom stereocenters. The lowest BCUT2D eigenvalue weighted by Gasteiger charge is -2.02. The summed E-state index contributed by atoms with van der Waals surface area (Å²) < 4.78 is 0. The third kappa shape index (κ3) is 3.33. The molecule has 9 nitrogen and oxygen atoms in total. The molecule has 0 radical (unpaired) electrons. The largest absolute Gasteiger partial charge is 0.380 e. The summed E-state index contributed by atoms with van der Waals surface area (Å²) in [4.78, 5) is 25.0. The van der Waals surface area contributed by atoms with Gasteiger partial charge in [0.2, 0.25) is 5.75 Å². The Balaban J connectivity index is 2.30. The Labute approximate surface area is 123 Å². The number of nitro benzene ring substituents is 2. The van der Waals surface area contributed by atoms with E-state index in [2.05, 4.69) is 5.16 Å². The number of rotatable bonds is 5. The Morgan fingerprint density at radius 2 is 1.73 bits per heavy atom. The van der Waals surface area contributed by atoms with Gasteiger partial charge in [0.1, 0.15) is 0 Å². The van der Waals surface area contributed by atoms with Gasteiger partial charge in [0, 0.05) is 11.6 Å². The van der Waals surface area contributed by atoms with Crippen LogP contribution in [0.2, 0.25) is 0 Å². The van der Waals surface area contributed by atoms with Gasteiger partial charge in [-0.1, -0.05) is 35.5 Å². The monoisotopic (exact) mass is 302 g/mol. The Kier molecular flexibility index (Phi) is 4.27. The molecule has 0 spiro atoms. The van der Waals surface area contributed by atoms with Crippen molar-refractivity contribution in [2.45, 2.75) is 0 Å². The first kappa shape index (κ1) is 14.9. The van der Waals surface area contributed by atoms with Crippen LogP contribution >= 0.6 is 0 Å². The van der Waals surface area contributed by atoms with E-state index in [-0.39, 0.29) is 11.6 Å². The van der Waals surface area contributed by atoms with Crippen molar-refractivity contribution in [3.8, 4) is 5.75 Å². The average Bonchev–Trinajstić information content (AvgIpc) is 2.53. The zero-order chi connectivity index (χ0) is 16.1. The number of nitrogens with zero attached hydrogens (tertiary/aromatic N) is 3. The minimum atomic E-state index is -0.795. The van der Waals surface area contributed by atoms with E-state index in [1.165, 1.54) is 0 Å². The molecule has 0 amide bonds. The topological polar surface area (TPSA) is 134 Å². The first-order valence-corrected chi connectivity index (χ1v) is 5.98. The second-order valence-corrected chi connectivity index (χ2v) is 4.10. The van der Waals surface area contributed by atoms with Crippen molar-refractivity contribution in [2.75, 3.05) is 0 Å². The second kappa shape index (κ2) is 6.31. The van der Waals surface area contributed by atoms with Crippen molar-refractivity contribution in [1.29, 1.82) is 0 Å². The minimum Gasteiger partial charge on any atom is -0.380 e. The molecule has 2 rings (SSSR count). The van der Waals surface area contributed by atoms with E-state index in [4.69, 9.17) is 10.6 Å². The predicted molar refractivity (Wildman–Crippen MR) is 77.5 cm³/mol. The van der Waals surface area contributed by atoms with Gasteiger partial charge in [-0.15, -0.1) is 0 Å². The maximum atomic E-state index is 10.9. The molecule has 0 aliphatic carbocycles. The zero-order valence-electron chi connectivity index (χ0n) is 11.1. The smallest absolute Gasteiger partial charge is 0.321 e. The van der Waals surface area contributed by atoms with E-state index >= 15 is 0 Å². The Hall–Kier alpha value is -3.49. The molecule has 0 aromatic heterocycles. The molecule has 0 fully saturated rings. The van der Waals surface area contributed by atoms with E-state index in [1.54, 1.807) is 30.3 Å². The summed E-state index contributed by atoms with van der Waals surface area (Å²) in [5, 5.41) is 25.2. The lowest BCUT2D eigenvalue weighted by atomic mass is 10.2. The SMILES string of the molecule is N/C(=N\Oc1ccc([N+](=O)[O-])cc1[N+](=O)[O-])c1ccccc1. The molecule has 9 heteroatoms. The van der Waals surface area contributed by atoms with Gasteiger partial charge in [-0.05, 0) is 6.07 Å². The Morgan fingerprint density at radius 3 is 2.32 bits per heavy atom. The third-order valence-corrected chi connectivity index (χ3v) is 2.66. The van der Waals surface area contributed by atoms with Crippen LogP contribution in [0.4, 0.5) is 11.4 Å². The predicted octanol–water partition coefficient (Wildman–Crippen LogP) is 2.20. The average molecular weight is 302 g/mol. The van der Waals surface area contributed by atoms with Gasteiger partial charge >= 0.3 is 5.69 Å². The van der Waals surface area contributed by atoms with Gasteiger partial charge in [0.05, 0.1) is 15.9 Å². The molecular formula is C13H10N4O5. The molecule has 0 heterocycles. The Bertz CT molecular complexity index is 745. The fraction of sp³-hybridized carbons (Fsp3) is 0. The number of nitrogens with two attached hydrogens (primary N) is 1. The molecule has 0 atom stereocenters. The molecule has 0 saturated carbocycles. The maximum Gasteiger partial charge on any atom is 0.321 e. The van der Waals surface area contributed by atoms with Crippen LogP contribution in [0.15, 0.2) is 53.7 Å². The van der Waals surface area contributed by atoms with E-state index < -0.39 is 21.2 Å². The summed E-state index contributed by atoms with van der Waals surface area (Å²) in [5.74, 6) is -0.220. The molecule has 0 aliphatic heterocycles. The van der Waals surface area contributed by atoms with Gasteiger partial charge in [-0.3, -0.25) is 20.2 Å². The lowest BCUT2D eigenvalue weighted by molar-refractivity contribution is -0.394. The first-order chi connectivity index (χ1) is 10.5. The molecule has 0 bridgehead atoms. The fourth-order valence-electron chi connectivity index (χ4n) is 1.60. The van der Waals surface area contributed by atoms with Crippen LogP contribution in [0.1, 0.15) is 5.56 Å². The van der Waals surface area contributed by atoms with Crippen LogP contribution < -0.4 is 10.6 Å². The van der Waals surface area contributed by atoms with E-state index in [0.29, 0.717) is 5.56 Å². The number of nitro groups is 2. The first-order valence-electron chi connectivity index (χ1n) is 5.98. The number of hydrogen-bond acceptors (Lipinski definition) is 6. The minimum absolute atomic E-state index is 0.0215. The van der Waals surface area contributed by atoms with Crippen molar-refractivity contribution < 1.29 is 14.7 Å². The molecular weight excluding hydrogens is 292 g/mol. The van der Waals surface area contributed by atoms with Crippen LogP contribution in [0, 0.1) is 20.2 Å². The lowest BCUT2D eigenvalue weighted by Crippen LogP contribution is -2.14. The van der Waals surface area contributed by atoms with Crippen LogP contribution in [0.5, 0.6) is 5.75 Å². The summed E-state index contributed by atoms with van der Waals surface area (Å²) in [5.41, 5.74) is 5.28. The number of oxime groups is 1. The highest BCUT2D eigenvalue weighted by Gasteiger charge is 2.21. The van der Waals surface area contributed by atoms with Gasteiger partial charge in [0.15, 0.2) is 5.84 Å². The van der Waals surface area contributed by atoms with Gasteiger partial charge in [-0.25, -0.2) is 0 Å². The summed E-state index contributed by atoms with van der Waals surface area (Å²) in [6.07, 6.45) is 0. The van der Waals surface area contributed by atoms with Crippen molar-refractivity contribution in [3.05, 3.63) is 74.3 Å². The fourth-order valence-corrected chi connectivity index (χ4v) is 1.60. The molecule has 2 N–H and O–H groups in total. The van der Waals surface area contributed by atoms with Crippen molar-refractivity contribution in [2.24, 2.45) is 10.9 Å². The van der Waals surface area contributed by atoms with Crippen molar-refractivity contribution in [1.82, 2.24) is 0 Å². The molecule has 0 saturated heterocycles. The molecule has 22 heavy (non-hydrogen) atoms. The Morgan fingerprint density at radius 1 is 1.05 bits per heavy atom. The van der Waals surface area contributed by atoms with Gasteiger partial charge < -0.3 is 10.6 Å². The molecule has 2 aromatic carbocycles. The molecule has 112 valence electrons. The number of amidine groups is 1. The zero-order valence-corrected chi connectivity index (χ0v) is 11.1. The summed E-state index contributed by atoms with van der Waals surface area (Å²) in [6.45, 7) is 0. The van der Waals surface area contributed by atoms with Crippen LogP contribution in [0.3, 0.4) is 0 Å². The van der Waals surface area contributed by atoms with Crippen LogP contribution in [0.25, 0.3) is 0 Å². The van der Waals surface area contributed by atoms with Crippen LogP contribution in [-0.2, 0) is 0 Å². The normalized spacial score (nSPS) is 11.0. The summed E-state index contributed by atoms with van der Waals surface area (Å²) in [7, 11) is 0. The molecule has 0 aliphatic rings. The van der Waals surface area contributed by atoms with E-state index in [9.17, 15) is 20.2 Å². The van der Waals surface area contributed by atoms with Gasteiger partial charge in [0.25, 0.3) is 5.69 Å². The maximum absolute atomic E-state index is 10.9. The highest BCUT2D eigenvalue weighted by atomic mass is 16.7. The molecule has 2 aromatic rings. The highest BCUT2D eigenvalue weighted by Crippen LogP contribution is 2.31. The van der Waals surface area contributed by atoms with Crippen molar-refractivity contribution >= 4 is 17.2 Å². The van der Waals surface area contributed by atoms with E-state index in [0.717, 1.165) is 18.2 Å². The number of benzene rings is 2. The van der Waals surface area contributed by atoms with Crippen molar-refractivity contribution in [3.63, 3.8) is 0 Å². The standard InChI is InChI=1S/C13H10N4O5/c14-13(9-4-2-1-3-5-9)15-22-12-7-6-10(16(18)19)8-11(12)17(20)21/h1-8H,(H2,14,15). The van der Waals surface area contributed by atoms with Gasteiger partial charge in [-0.2, -0.15) is 0 Å².